The van der Waals surface area contributed by atoms with Gasteiger partial charge in [-0.2, -0.15) is 5.10 Å². The Balaban J connectivity index is 1.84. The maximum atomic E-state index is 13.2. The van der Waals surface area contributed by atoms with Gasteiger partial charge in [0.25, 0.3) is 0 Å². The molecule has 1 heterocycles. The third kappa shape index (κ3) is 4.14. The number of halogens is 1. The van der Waals surface area contributed by atoms with Gasteiger partial charge >= 0.3 is 0 Å². The van der Waals surface area contributed by atoms with Crippen LogP contribution in [0.5, 0.6) is 0 Å². The molecule has 7 heteroatoms. The van der Waals surface area contributed by atoms with Gasteiger partial charge in [0, 0.05) is 11.3 Å². The Morgan fingerprint density at radius 3 is 2.40 bits per heavy atom. The molecule has 0 bridgehead atoms. The fourth-order valence-corrected chi connectivity index (χ4v) is 2.34. The Bertz CT molecular complexity index is 849. The van der Waals surface area contributed by atoms with Gasteiger partial charge in [-0.15, -0.1) is 0 Å². The van der Waals surface area contributed by atoms with Gasteiger partial charge in [0.05, 0.1) is 6.54 Å². The number of carbonyl (C=O) groups is 2. The summed E-state index contributed by atoms with van der Waals surface area (Å²) in [6.07, 6.45) is 2.74. The number of hydrogen-bond acceptors (Lipinski definition) is 4. The minimum Gasteiger partial charge on any atom is -0.303 e. The molecule has 1 amide bonds. The van der Waals surface area contributed by atoms with Crippen molar-refractivity contribution in [2.75, 3.05) is 11.4 Å². The third-order valence-corrected chi connectivity index (χ3v) is 3.60. The number of hydrogen-bond donors (Lipinski definition) is 0. The smallest absolute Gasteiger partial charge is 0.249 e. The number of carbonyl (C=O) groups excluding carboxylic acids is 2. The number of benzene rings is 2. The first kappa shape index (κ1) is 16.5. The van der Waals surface area contributed by atoms with E-state index in [1.54, 1.807) is 24.3 Å². The predicted octanol–water partition coefficient (Wildman–Crippen LogP) is 2.33. The molecule has 0 aliphatic heterocycles. The Morgan fingerprint density at radius 1 is 1.04 bits per heavy atom. The van der Waals surface area contributed by atoms with Crippen molar-refractivity contribution < 1.29 is 14.0 Å². The average molecular weight is 338 g/mol. The molecule has 126 valence electrons. The first-order valence-corrected chi connectivity index (χ1v) is 7.60. The Kier molecular flexibility index (Phi) is 4.94. The van der Waals surface area contributed by atoms with E-state index in [0.29, 0.717) is 11.3 Å². The summed E-state index contributed by atoms with van der Waals surface area (Å²) in [5, 5.41) is 3.90. The molecule has 25 heavy (non-hydrogen) atoms. The summed E-state index contributed by atoms with van der Waals surface area (Å²) >= 11 is 0. The van der Waals surface area contributed by atoms with E-state index in [4.69, 9.17) is 0 Å². The molecule has 3 aromatic rings. The Hall–Kier alpha value is -3.35. The van der Waals surface area contributed by atoms with Gasteiger partial charge in [0.15, 0.2) is 5.78 Å². The highest BCUT2D eigenvalue weighted by atomic mass is 19.1. The molecule has 6 nitrogen and oxygen atoms in total. The number of aromatic nitrogens is 3. The molecule has 1 aromatic heterocycles. The number of nitrogens with zero attached hydrogens (tertiary/aromatic N) is 4. The summed E-state index contributed by atoms with van der Waals surface area (Å²) in [5.41, 5.74) is 0.943. The van der Waals surface area contributed by atoms with Gasteiger partial charge in [-0.05, 0) is 24.3 Å². The van der Waals surface area contributed by atoms with Gasteiger partial charge in [0.2, 0.25) is 5.91 Å². The van der Waals surface area contributed by atoms with E-state index in [9.17, 15) is 14.0 Å². The summed E-state index contributed by atoms with van der Waals surface area (Å²) in [6, 6.07) is 14.1. The number of anilines is 1. The summed E-state index contributed by atoms with van der Waals surface area (Å²) in [7, 11) is 0. The maximum absolute atomic E-state index is 13.2. The van der Waals surface area contributed by atoms with Crippen molar-refractivity contribution in [2.45, 2.75) is 6.54 Å². The monoisotopic (exact) mass is 338 g/mol. The highest BCUT2D eigenvalue weighted by Crippen LogP contribution is 2.16. The number of ketones is 1. The molecule has 0 spiro atoms. The van der Waals surface area contributed by atoms with Crippen LogP contribution in [0.3, 0.4) is 0 Å². The van der Waals surface area contributed by atoms with E-state index in [0.717, 1.165) is 0 Å². The van der Waals surface area contributed by atoms with Crippen molar-refractivity contribution in [3.8, 4) is 0 Å². The predicted molar refractivity (Wildman–Crippen MR) is 89.5 cm³/mol. The second-order valence-corrected chi connectivity index (χ2v) is 5.34. The molecule has 0 aliphatic carbocycles. The van der Waals surface area contributed by atoms with E-state index in [1.165, 1.54) is 46.5 Å². The van der Waals surface area contributed by atoms with Crippen LogP contribution in [0.25, 0.3) is 0 Å². The van der Waals surface area contributed by atoms with E-state index in [-0.39, 0.29) is 24.8 Å². The number of rotatable bonds is 6. The van der Waals surface area contributed by atoms with Crippen LogP contribution in [0.15, 0.2) is 67.3 Å². The molecular weight excluding hydrogens is 323 g/mol. The van der Waals surface area contributed by atoms with Crippen LogP contribution < -0.4 is 4.90 Å². The maximum Gasteiger partial charge on any atom is 0.249 e. The summed E-state index contributed by atoms with van der Waals surface area (Å²) in [6.45, 7) is -0.220. The van der Waals surface area contributed by atoms with E-state index in [2.05, 4.69) is 10.1 Å². The lowest BCUT2D eigenvalue weighted by Gasteiger charge is -2.22. The minimum absolute atomic E-state index is 0.0700. The number of Topliss-reactive ketones (excluding diaryl/α,β-unsaturated/α-hetero) is 1. The molecule has 0 saturated carbocycles. The second-order valence-electron chi connectivity index (χ2n) is 5.34. The van der Waals surface area contributed by atoms with Crippen LogP contribution in [0.2, 0.25) is 0 Å². The van der Waals surface area contributed by atoms with Gasteiger partial charge in [0.1, 0.15) is 25.0 Å². The highest BCUT2D eigenvalue weighted by molar-refractivity contribution is 6.05. The summed E-state index contributed by atoms with van der Waals surface area (Å²) < 4.78 is 14.6. The van der Waals surface area contributed by atoms with E-state index < -0.39 is 5.82 Å². The highest BCUT2D eigenvalue weighted by Gasteiger charge is 2.20. The van der Waals surface area contributed by atoms with Crippen LogP contribution >= 0.6 is 0 Å². The zero-order valence-corrected chi connectivity index (χ0v) is 13.2. The molecule has 0 unspecified atom stereocenters. The molecule has 2 aromatic carbocycles. The van der Waals surface area contributed by atoms with Crippen LogP contribution in [0, 0.1) is 5.82 Å². The van der Waals surface area contributed by atoms with Gasteiger partial charge < -0.3 is 4.90 Å². The molecule has 0 aliphatic rings. The lowest BCUT2D eigenvalue weighted by atomic mass is 10.1. The molecule has 0 atom stereocenters. The first-order chi connectivity index (χ1) is 12.1. The van der Waals surface area contributed by atoms with Crippen LogP contribution in [-0.2, 0) is 11.3 Å². The quantitative estimate of drug-likeness (QED) is 0.647. The van der Waals surface area contributed by atoms with Crippen molar-refractivity contribution in [3.63, 3.8) is 0 Å². The van der Waals surface area contributed by atoms with Crippen molar-refractivity contribution in [3.05, 3.63) is 78.6 Å². The lowest BCUT2D eigenvalue weighted by molar-refractivity contribution is -0.119. The first-order valence-electron chi connectivity index (χ1n) is 7.60. The molecule has 0 N–H and O–H groups in total. The van der Waals surface area contributed by atoms with Gasteiger partial charge in [-0.25, -0.2) is 14.1 Å². The van der Waals surface area contributed by atoms with Crippen molar-refractivity contribution in [1.82, 2.24) is 14.8 Å². The van der Waals surface area contributed by atoms with Gasteiger partial charge in [-0.3, -0.25) is 9.59 Å². The van der Waals surface area contributed by atoms with Crippen molar-refractivity contribution >= 4 is 17.4 Å². The summed E-state index contributed by atoms with van der Waals surface area (Å²) in [4.78, 5) is 30.3. The molecule has 3 rings (SSSR count). The van der Waals surface area contributed by atoms with E-state index >= 15 is 0 Å². The molecule has 0 saturated heterocycles. The average Bonchev–Trinajstić information content (AvgIpc) is 3.14. The van der Waals surface area contributed by atoms with Crippen LogP contribution in [0.1, 0.15) is 10.4 Å². The fraction of sp³-hybridized carbons (Fsp3) is 0.111. The lowest BCUT2D eigenvalue weighted by Crippen LogP contribution is -2.38. The molecular formula is C18H15FN4O2. The Labute approximate surface area is 143 Å². The van der Waals surface area contributed by atoms with Crippen molar-refractivity contribution in [2.24, 2.45) is 0 Å². The van der Waals surface area contributed by atoms with Crippen molar-refractivity contribution in [1.29, 1.82) is 0 Å². The van der Waals surface area contributed by atoms with Crippen LogP contribution in [-0.4, -0.2) is 33.0 Å². The Morgan fingerprint density at radius 2 is 1.76 bits per heavy atom. The molecule has 0 radical (unpaired) electrons. The standard InChI is InChI=1S/C18H15FN4O2/c19-15-6-8-16(9-7-15)23(18(25)11-22-13-20-12-21-22)10-17(24)14-4-2-1-3-5-14/h1-9,12-13H,10-11H2. The van der Waals surface area contributed by atoms with Crippen LogP contribution in [0.4, 0.5) is 10.1 Å². The van der Waals surface area contributed by atoms with E-state index in [1.807, 2.05) is 6.07 Å². The topological polar surface area (TPSA) is 68.1 Å². The second kappa shape index (κ2) is 7.48. The van der Waals surface area contributed by atoms with Gasteiger partial charge in [-0.1, -0.05) is 30.3 Å². The SMILES string of the molecule is O=C(CN(C(=O)Cn1cncn1)c1ccc(F)cc1)c1ccccc1. The summed E-state index contributed by atoms with van der Waals surface area (Å²) in [5.74, 6) is -0.972. The fourth-order valence-electron chi connectivity index (χ4n) is 2.34. The molecule has 0 fully saturated rings. The normalized spacial score (nSPS) is 10.4. The number of amides is 1. The third-order valence-electron chi connectivity index (χ3n) is 3.60. The largest absolute Gasteiger partial charge is 0.303 e. The zero-order valence-electron chi connectivity index (χ0n) is 13.2. The minimum atomic E-state index is -0.415. The zero-order chi connectivity index (χ0) is 17.6.